The van der Waals surface area contributed by atoms with Crippen molar-refractivity contribution in [2.75, 3.05) is 6.61 Å². The van der Waals surface area contributed by atoms with Crippen molar-refractivity contribution in [2.24, 2.45) is 0 Å². The third-order valence-electron chi connectivity index (χ3n) is 1.85. The van der Waals surface area contributed by atoms with Crippen molar-refractivity contribution in [3.63, 3.8) is 0 Å². The molecule has 1 aromatic rings. The summed E-state index contributed by atoms with van der Waals surface area (Å²) >= 11 is 11.9. The van der Waals surface area contributed by atoms with Crippen LogP contribution in [0.3, 0.4) is 0 Å². The summed E-state index contributed by atoms with van der Waals surface area (Å²) < 4.78 is 0. The minimum Gasteiger partial charge on any atom is -0.302 e. The molecule has 0 aliphatic heterocycles. The van der Waals surface area contributed by atoms with E-state index in [-0.39, 0.29) is 6.04 Å². The Hall–Kier alpha value is -0.280. The molecule has 1 unspecified atom stereocenters. The van der Waals surface area contributed by atoms with Crippen LogP contribution in [0.1, 0.15) is 25.5 Å². The lowest BCUT2D eigenvalue weighted by atomic mass is 10.1. The van der Waals surface area contributed by atoms with Gasteiger partial charge in [0.1, 0.15) is 0 Å². The zero-order chi connectivity index (χ0) is 10.6. The van der Waals surface area contributed by atoms with Crippen molar-refractivity contribution in [3.05, 3.63) is 33.8 Å². The van der Waals surface area contributed by atoms with Gasteiger partial charge in [-0.1, -0.05) is 35.3 Å². The van der Waals surface area contributed by atoms with E-state index < -0.39 is 0 Å². The van der Waals surface area contributed by atoms with Gasteiger partial charge in [-0.2, -0.15) is 5.48 Å². The first kappa shape index (κ1) is 11.8. The fourth-order valence-corrected chi connectivity index (χ4v) is 1.60. The Labute approximate surface area is 94.1 Å². The summed E-state index contributed by atoms with van der Waals surface area (Å²) in [6.07, 6.45) is 0. The second-order valence-corrected chi connectivity index (χ2v) is 3.70. The Balaban J connectivity index is 2.79. The van der Waals surface area contributed by atoms with Crippen molar-refractivity contribution < 1.29 is 4.84 Å². The molecule has 1 rings (SSSR count). The first-order chi connectivity index (χ1) is 6.66. The van der Waals surface area contributed by atoms with E-state index in [2.05, 4.69) is 5.48 Å². The maximum absolute atomic E-state index is 6.04. The number of hydroxylamine groups is 1. The topological polar surface area (TPSA) is 21.3 Å². The highest BCUT2D eigenvalue weighted by Gasteiger charge is 2.10. The predicted octanol–water partition coefficient (Wildman–Crippen LogP) is 3.60. The van der Waals surface area contributed by atoms with Crippen LogP contribution in [0.15, 0.2) is 18.2 Å². The van der Waals surface area contributed by atoms with Gasteiger partial charge in [0.05, 0.1) is 22.7 Å². The van der Waals surface area contributed by atoms with Crippen LogP contribution < -0.4 is 5.48 Å². The zero-order valence-electron chi connectivity index (χ0n) is 8.18. The van der Waals surface area contributed by atoms with E-state index >= 15 is 0 Å². The largest absolute Gasteiger partial charge is 0.302 e. The van der Waals surface area contributed by atoms with E-state index in [1.165, 1.54) is 0 Å². The van der Waals surface area contributed by atoms with Crippen molar-refractivity contribution in [3.8, 4) is 0 Å². The summed E-state index contributed by atoms with van der Waals surface area (Å²) in [4.78, 5) is 5.09. The smallest absolute Gasteiger partial charge is 0.0654 e. The Morgan fingerprint density at radius 2 is 2.14 bits per heavy atom. The number of rotatable bonds is 4. The van der Waals surface area contributed by atoms with Crippen LogP contribution >= 0.6 is 23.2 Å². The quantitative estimate of drug-likeness (QED) is 0.803. The highest BCUT2D eigenvalue weighted by Crippen LogP contribution is 2.29. The normalized spacial score (nSPS) is 12.9. The maximum Gasteiger partial charge on any atom is 0.0654 e. The molecule has 4 heteroatoms. The molecule has 1 aromatic carbocycles. The maximum atomic E-state index is 6.04. The van der Waals surface area contributed by atoms with Gasteiger partial charge in [-0.05, 0) is 25.5 Å². The summed E-state index contributed by atoms with van der Waals surface area (Å²) in [5, 5.41) is 1.14. The minimum absolute atomic E-state index is 0.0288. The molecule has 0 saturated carbocycles. The number of nitrogens with one attached hydrogen (secondary N) is 1. The lowest BCUT2D eigenvalue weighted by Crippen LogP contribution is -2.19. The highest BCUT2D eigenvalue weighted by atomic mass is 35.5. The molecule has 0 aliphatic rings. The third kappa shape index (κ3) is 2.85. The van der Waals surface area contributed by atoms with Crippen LogP contribution in [0.5, 0.6) is 0 Å². The number of hydrogen-bond acceptors (Lipinski definition) is 2. The molecule has 14 heavy (non-hydrogen) atoms. The molecule has 2 nitrogen and oxygen atoms in total. The van der Waals surface area contributed by atoms with Crippen LogP contribution in [0.25, 0.3) is 0 Å². The van der Waals surface area contributed by atoms with Gasteiger partial charge >= 0.3 is 0 Å². The molecule has 0 fully saturated rings. The van der Waals surface area contributed by atoms with Gasteiger partial charge < -0.3 is 4.84 Å². The Morgan fingerprint density at radius 1 is 1.43 bits per heavy atom. The molecule has 0 spiro atoms. The summed E-state index contributed by atoms with van der Waals surface area (Å²) in [7, 11) is 0. The van der Waals surface area contributed by atoms with E-state index in [1.54, 1.807) is 6.07 Å². The third-order valence-corrected chi connectivity index (χ3v) is 2.69. The van der Waals surface area contributed by atoms with Gasteiger partial charge in [0.15, 0.2) is 0 Å². The van der Waals surface area contributed by atoms with Crippen LogP contribution in [0.4, 0.5) is 0 Å². The Morgan fingerprint density at radius 3 is 2.79 bits per heavy atom. The fourth-order valence-electron chi connectivity index (χ4n) is 1.13. The van der Waals surface area contributed by atoms with Crippen molar-refractivity contribution in [1.29, 1.82) is 0 Å². The summed E-state index contributed by atoms with van der Waals surface area (Å²) in [5.41, 5.74) is 3.81. The van der Waals surface area contributed by atoms with E-state index in [0.717, 1.165) is 5.56 Å². The zero-order valence-corrected chi connectivity index (χ0v) is 9.69. The van der Waals surface area contributed by atoms with E-state index in [9.17, 15) is 0 Å². The van der Waals surface area contributed by atoms with Gasteiger partial charge in [0.25, 0.3) is 0 Å². The molecule has 0 radical (unpaired) electrons. The summed E-state index contributed by atoms with van der Waals surface area (Å²) in [5.74, 6) is 0. The monoisotopic (exact) mass is 233 g/mol. The standard InChI is InChI=1S/C10H13Cl2NO/c1-3-14-13-7(2)8-5-4-6-9(11)10(8)12/h4-7,13H,3H2,1-2H3. The SMILES string of the molecule is CCONC(C)c1cccc(Cl)c1Cl. The Kier molecular flexibility index (Phi) is 4.69. The first-order valence-electron chi connectivity index (χ1n) is 4.48. The van der Waals surface area contributed by atoms with Gasteiger partial charge in [0.2, 0.25) is 0 Å². The molecular formula is C10H13Cl2NO. The molecular weight excluding hydrogens is 221 g/mol. The molecule has 0 heterocycles. The average molecular weight is 234 g/mol. The summed E-state index contributed by atoms with van der Waals surface area (Å²) in [6.45, 7) is 4.50. The molecule has 0 saturated heterocycles. The minimum atomic E-state index is 0.0288. The van der Waals surface area contributed by atoms with Crippen molar-refractivity contribution in [1.82, 2.24) is 5.48 Å². The fraction of sp³-hybridized carbons (Fsp3) is 0.400. The molecule has 1 atom stereocenters. The number of benzene rings is 1. The highest BCUT2D eigenvalue weighted by molar-refractivity contribution is 6.42. The van der Waals surface area contributed by atoms with Crippen LogP contribution in [-0.4, -0.2) is 6.61 Å². The molecule has 0 aromatic heterocycles. The number of hydrogen-bond donors (Lipinski definition) is 1. The van der Waals surface area contributed by atoms with Crippen molar-refractivity contribution >= 4 is 23.2 Å². The molecule has 0 amide bonds. The van der Waals surface area contributed by atoms with Crippen LogP contribution in [0, 0.1) is 0 Å². The average Bonchev–Trinajstić information content (AvgIpc) is 2.18. The Bertz CT molecular complexity index is 304. The molecule has 78 valence electrons. The van der Waals surface area contributed by atoms with Crippen LogP contribution in [-0.2, 0) is 4.84 Å². The summed E-state index contributed by atoms with van der Waals surface area (Å²) in [6, 6.07) is 5.58. The van der Waals surface area contributed by atoms with Gasteiger partial charge in [-0.3, -0.25) is 0 Å². The van der Waals surface area contributed by atoms with E-state index in [0.29, 0.717) is 16.7 Å². The lowest BCUT2D eigenvalue weighted by molar-refractivity contribution is 0.0285. The van der Waals surface area contributed by atoms with Gasteiger partial charge in [-0.25, -0.2) is 0 Å². The van der Waals surface area contributed by atoms with Crippen molar-refractivity contribution in [2.45, 2.75) is 19.9 Å². The van der Waals surface area contributed by atoms with E-state index in [4.69, 9.17) is 28.0 Å². The predicted molar refractivity (Wildman–Crippen MR) is 59.6 cm³/mol. The molecule has 1 N–H and O–H groups in total. The van der Waals surface area contributed by atoms with Gasteiger partial charge in [0, 0.05) is 0 Å². The second-order valence-electron chi connectivity index (χ2n) is 2.92. The second kappa shape index (κ2) is 5.56. The van der Waals surface area contributed by atoms with E-state index in [1.807, 2.05) is 26.0 Å². The molecule has 0 bridgehead atoms. The molecule has 0 aliphatic carbocycles. The van der Waals surface area contributed by atoms with Gasteiger partial charge in [-0.15, -0.1) is 0 Å². The van der Waals surface area contributed by atoms with Crippen LogP contribution in [0.2, 0.25) is 10.0 Å². The first-order valence-corrected chi connectivity index (χ1v) is 5.23. The lowest BCUT2D eigenvalue weighted by Gasteiger charge is -2.15. The number of halogens is 2.